The van der Waals surface area contributed by atoms with Crippen molar-refractivity contribution in [2.24, 2.45) is 0 Å². The fraction of sp³-hybridized carbons (Fsp3) is 0.318. The van der Waals surface area contributed by atoms with E-state index in [1.165, 1.54) is 5.56 Å². The van der Waals surface area contributed by atoms with Gasteiger partial charge in [-0.1, -0.05) is 36.4 Å². The first-order valence-electron chi connectivity index (χ1n) is 10.1. The molecule has 1 fully saturated rings. The number of hydrogen-bond acceptors (Lipinski definition) is 7. The number of ether oxygens (including phenoxy) is 2. The van der Waals surface area contributed by atoms with Crippen molar-refractivity contribution in [3.05, 3.63) is 60.4 Å². The fourth-order valence-corrected chi connectivity index (χ4v) is 4.02. The molecule has 0 aliphatic carbocycles. The number of nitrogens with one attached hydrogen (secondary N) is 1. The Kier molecular flexibility index (Phi) is 5.17. The molecule has 1 aliphatic rings. The maximum Gasteiger partial charge on any atom is 0.185 e. The van der Waals surface area contributed by atoms with Crippen molar-refractivity contribution in [3.8, 4) is 5.75 Å². The van der Waals surface area contributed by atoms with Gasteiger partial charge in [-0.05, 0) is 17.7 Å². The van der Waals surface area contributed by atoms with Crippen molar-refractivity contribution in [1.82, 2.24) is 24.7 Å². The molecule has 3 heterocycles. The van der Waals surface area contributed by atoms with Gasteiger partial charge in [0.2, 0.25) is 0 Å². The molecule has 4 aromatic rings. The molecule has 0 amide bonds. The van der Waals surface area contributed by atoms with Gasteiger partial charge >= 0.3 is 0 Å². The Hall–Kier alpha value is -3.23. The molecular formula is C22H24N6O2. The molecule has 1 saturated heterocycles. The van der Waals surface area contributed by atoms with Gasteiger partial charge in [-0.15, -0.1) is 15.3 Å². The number of fused-ring (bicyclic) bond motifs is 3. The topological polar surface area (TPSA) is 76.8 Å². The van der Waals surface area contributed by atoms with Gasteiger partial charge < -0.3 is 14.8 Å². The zero-order valence-electron chi connectivity index (χ0n) is 16.9. The minimum atomic E-state index is 0.192. The van der Waals surface area contributed by atoms with E-state index in [-0.39, 0.29) is 6.04 Å². The van der Waals surface area contributed by atoms with Gasteiger partial charge in [-0.2, -0.15) is 4.52 Å². The molecule has 0 radical (unpaired) electrons. The number of aromatic nitrogens is 4. The summed E-state index contributed by atoms with van der Waals surface area (Å²) in [6, 6.07) is 16.6. The number of benzene rings is 2. The van der Waals surface area contributed by atoms with Crippen LogP contribution in [-0.2, 0) is 4.74 Å². The van der Waals surface area contributed by atoms with E-state index in [1.54, 1.807) is 18.0 Å². The Morgan fingerprint density at radius 3 is 2.60 bits per heavy atom. The highest BCUT2D eigenvalue weighted by Gasteiger charge is 2.23. The molecule has 2 aromatic heterocycles. The molecule has 8 heteroatoms. The lowest BCUT2D eigenvalue weighted by Gasteiger charge is -2.35. The first-order chi connectivity index (χ1) is 14.8. The van der Waals surface area contributed by atoms with E-state index >= 15 is 0 Å². The van der Waals surface area contributed by atoms with Crippen molar-refractivity contribution in [3.63, 3.8) is 0 Å². The molecule has 0 spiro atoms. The van der Waals surface area contributed by atoms with Crippen molar-refractivity contribution in [1.29, 1.82) is 0 Å². The standard InChI is InChI=1S/C22H24N6O2/c1-29-17-8-6-16(7-9-17)20(27-10-12-30-13-11-27)14-23-21-18-4-2-3-5-19(18)22-25-24-15-28(22)26-21/h2-9,15,20H,10-14H2,1H3,(H,23,26). The highest BCUT2D eigenvalue weighted by molar-refractivity contribution is 5.99. The monoisotopic (exact) mass is 404 g/mol. The molecule has 0 saturated carbocycles. The highest BCUT2D eigenvalue weighted by Crippen LogP contribution is 2.27. The van der Waals surface area contributed by atoms with Crippen LogP contribution < -0.4 is 10.1 Å². The number of rotatable bonds is 6. The molecule has 30 heavy (non-hydrogen) atoms. The summed E-state index contributed by atoms with van der Waals surface area (Å²) in [5, 5.41) is 18.6. The second-order valence-electron chi connectivity index (χ2n) is 7.31. The lowest BCUT2D eigenvalue weighted by Crippen LogP contribution is -2.41. The molecular weight excluding hydrogens is 380 g/mol. The van der Waals surface area contributed by atoms with E-state index in [1.807, 2.05) is 24.3 Å². The summed E-state index contributed by atoms with van der Waals surface area (Å²) in [7, 11) is 1.69. The summed E-state index contributed by atoms with van der Waals surface area (Å²) in [5.41, 5.74) is 2.00. The Morgan fingerprint density at radius 1 is 1.07 bits per heavy atom. The zero-order valence-corrected chi connectivity index (χ0v) is 16.9. The Morgan fingerprint density at radius 2 is 1.83 bits per heavy atom. The molecule has 5 rings (SSSR count). The van der Waals surface area contributed by atoms with Crippen molar-refractivity contribution < 1.29 is 9.47 Å². The second-order valence-corrected chi connectivity index (χ2v) is 7.31. The summed E-state index contributed by atoms with van der Waals surface area (Å²) < 4.78 is 12.6. The third-order valence-electron chi connectivity index (χ3n) is 5.61. The predicted octanol–water partition coefficient (Wildman–Crippen LogP) is 2.77. The van der Waals surface area contributed by atoms with Crippen LogP contribution in [0.25, 0.3) is 16.4 Å². The molecule has 1 aliphatic heterocycles. The third kappa shape index (κ3) is 3.55. The lowest BCUT2D eigenvalue weighted by molar-refractivity contribution is 0.0187. The second kappa shape index (κ2) is 8.25. The maximum absolute atomic E-state index is 5.57. The van der Waals surface area contributed by atoms with E-state index in [2.05, 4.69) is 44.7 Å². The minimum Gasteiger partial charge on any atom is -0.497 e. The van der Waals surface area contributed by atoms with Crippen LogP contribution in [0, 0.1) is 0 Å². The van der Waals surface area contributed by atoms with Crippen molar-refractivity contribution in [2.75, 3.05) is 45.3 Å². The van der Waals surface area contributed by atoms with Crippen LogP contribution >= 0.6 is 0 Å². The van der Waals surface area contributed by atoms with Gasteiger partial charge in [0.1, 0.15) is 12.1 Å². The average molecular weight is 404 g/mol. The molecule has 154 valence electrons. The van der Waals surface area contributed by atoms with Crippen LogP contribution in [0.4, 0.5) is 5.82 Å². The van der Waals surface area contributed by atoms with Gasteiger partial charge in [-0.3, -0.25) is 4.90 Å². The van der Waals surface area contributed by atoms with Crippen LogP contribution in [0.2, 0.25) is 0 Å². The largest absolute Gasteiger partial charge is 0.497 e. The van der Waals surface area contributed by atoms with E-state index < -0.39 is 0 Å². The fourth-order valence-electron chi connectivity index (χ4n) is 4.02. The molecule has 2 aromatic carbocycles. The first kappa shape index (κ1) is 18.8. The van der Waals surface area contributed by atoms with Crippen LogP contribution in [0.3, 0.4) is 0 Å². The van der Waals surface area contributed by atoms with Gasteiger partial charge in [0.05, 0.1) is 26.4 Å². The Labute approximate surface area is 174 Å². The zero-order chi connectivity index (χ0) is 20.3. The lowest BCUT2D eigenvalue weighted by atomic mass is 10.0. The first-order valence-corrected chi connectivity index (χ1v) is 10.1. The molecule has 0 bridgehead atoms. The van der Waals surface area contributed by atoms with E-state index in [9.17, 15) is 0 Å². The number of anilines is 1. The van der Waals surface area contributed by atoms with Gasteiger partial charge in [0, 0.05) is 30.4 Å². The molecule has 1 N–H and O–H groups in total. The van der Waals surface area contributed by atoms with Crippen molar-refractivity contribution in [2.45, 2.75) is 6.04 Å². The highest BCUT2D eigenvalue weighted by atomic mass is 16.5. The number of morpholine rings is 1. The molecule has 1 unspecified atom stereocenters. The van der Waals surface area contributed by atoms with Crippen LogP contribution in [0.1, 0.15) is 11.6 Å². The average Bonchev–Trinajstić information content (AvgIpc) is 3.29. The Bertz CT molecular complexity index is 1140. The van der Waals surface area contributed by atoms with E-state index in [0.717, 1.165) is 60.8 Å². The quantitative estimate of drug-likeness (QED) is 0.529. The SMILES string of the molecule is COc1ccc(C(CNc2nn3cnnc3c3ccccc23)N2CCOCC2)cc1. The number of nitrogens with zero attached hydrogens (tertiary/aromatic N) is 5. The smallest absolute Gasteiger partial charge is 0.185 e. The summed E-state index contributed by atoms with van der Waals surface area (Å²) in [6.07, 6.45) is 1.63. The summed E-state index contributed by atoms with van der Waals surface area (Å²) in [6.45, 7) is 4.02. The summed E-state index contributed by atoms with van der Waals surface area (Å²) >= 11 is 0. The van der Waals surface area contributed by atoms with Crippen LogP contribution in [0.5, 0.6) is 5.75 Å². The normalized spacial score (nSPS) is 16.0. The maximum atomic E-state index is 5.57. The molecule has 1 atom stereocenters. The van der Waals surface area contributed by atoms with E-state index in [4.69, 9.17) is 14.6 Å². The predicted molar refractivity (Wildman–Crippen MR) is 115 cm³/mol. The summed E-state index contributed by atoms with van der Waals surface area (Å²) in [4.78, 5) is 2.46. The summed E-state index contributed by atoms with van der Waals surface area (Å²) in [5.74, 6) is 1.68. The minimum absolute atomic E-state index is 0.192. The third-order valence-corrected chi connectivity index (χ3v) is 5.61. The number of methoxy groups -OCH3 is 1. The van der Waals surface area contributed by atoms with Crippen LogP contribution in [-0.4, -0.2) is 64.7 Å². The van der Waals surface area contributed by atoms with Crippen molar-refractivity contribution >= 4 is 22.2 Å². The van der Waals surface area contributed by atoms with Gasteiger partial charge in [-0.25, -0.2) is 0 Å². The molecule has 8 nitrogen and oxygen atoms in total. The van der Waals surface area contributed by atoms with Gasteiger partial charge in [0.25, 0.3) is 0 Å². The van der Waals surface area contributed by atoms with Crippen LogP contribution in [0.15, 0.2) is 54.9 Å². The number of hydrogen-bond donors (Lipinski definition) is 1. The van der Waals surface area contributed by atoms with Gasteiger partial charge in [0.15, 0.2) is 11.5 Å². The van der Waals surface area contributed by atoms with E-state index in [0.29, 0.717) is 0 Å². The Balaban J connectivity index is 1.47.